The van der Waals surface area contributed by atoms with E-state index in [1.54, 1.807) is 0 Å². The molecule has 14 heavy (non-hydrogen) atoms. The highest BCUT2D eigenvalue weighted by Crippen LogP contribution is 2.53. The van der Waals surface area contributed by atoms with Crippen LogP contribution in [-0.2, 0) is 4.74 Å². The smallest absolute Gasteiger partial charge is 0.358 e. The Kier molecular flexibility index (Phi) is 2.50. The van der Waals surface area contributed by atoms with Crippen LogP contribution in [0.4, 0.5) is 26.3 Å². The number of alkyl halides is 6. The SMILES string of the molecule is CC1CCOC1(C(F)(F)F)C(F)(F)F. The van der Waals surface area contributed by atoms with Crippen LogP contribution in [0.25, 0.3) is 0 Å². The fraction of sp³-hybridized carbons (Fsp3) is 1.00. The van der Waals surface area contributed by atoms with Crippen LogP contribution >= 0.6 is 0 Å². The summed E-state index contributed by atoms with van der Waals surface area (Å²) in [6, 6.07) is 0. The van der Waals surface area contributed by atoms with E-state index in [0.29, 0.717) is 0 Å². The van der Waals surface area contributed by atoms with Gasteiger partial charge in [0.05, 0.1) is 0 Å². The highest BCUT2D eigenvalue weighted by atomic mass is 19.4. The Balaban J connectivity index is 3.16. The Morgan fingerprint density at radius 2 is 1.50 bits per heavy atom. The number of hydrogen-bond acceptors (Lipinski definition) is 1. The molecule has 1 unspecified atom stereocenters. The van der Waals surface area contributed by atoms with E-state index in [4.69, 9.17) is 0 Å². The molecule has 7 heteroatoms. The van der Waals surface area contributed by atoms with Crippen LogP contribution in [0.3, 0.4) is 0 Å². The van der Waals surface area contributed by atoms with Crippen molar-refractivity contribution in [2.24, 2.45) is 5.92 Å². The molecule has 0 spiro atoms. The van der Waals surface area contributed by atoms with Crippen molar-refractivity contribution < 1.29 is 31.1 Å². The van der Waals surface area contributed by atoms with Gasteiger partial charge in [-0.3, -0.25) is 0 Å². The molecule has 0 aromatic carbocycles. The van der Waals surface area contributed by atoms with Crippen molar-refractivity contribution >= 4 is 0 Å². The maximum atomic E-state index is 12.3. The van der Waals surface area contributed by atoms with E-state index in [1.165, 1.54) is 0 Å². The summed E-state index contributed by atoms with van der Waals surface area (Å²) in [4.78, 5) is 0. The van der Waals surface area contributed by atoms with Crippen LogP contribution in [0.1, 0.15) is 13.3 Å². The molecular formula is C7H8F6O. The summed E-state index contributed by atoms with van der Waals surface area (Å²) in [6.07, 6.45) is -11.1. The van der Waals surface area contributed by atoms with E-state index in [2.05, 4.69) is 4.74 Å². The molecule has 1 aliphatic heterocycles. The lowest BCUT2D eigenvalue weighted by Crippen LogP contribution is -2.59. The maximum Gasteiger partial charge on any atom is 0.426 e. The van der Waals surface area contributed by atoms with Gasteiger partial charge in [-0.25, -0.2) is 0 Å². The molecule has 0 aliphatic carbocycles. The van der Waals surface area contributed by atoms with Crippen LogP contribution < -0.4 is 0 Å². The average Bonchev–Trinajstić information content (AvgIpc) is 2.27. The molecule has 1 nitrogen and oxygen atoms in total. The molecule has 84 valence electrons. The third kappa shape index (κ3) is 1.37. The van der Waals surface area contributed by atoms with Gasteiger partial charge in [0.25, 0.3) is 5.60 Å². The van der Waals surface area contributed by atoms with Crippen LogP contribution in [0.2, 0.25) is 0 Å². The standard InChI is InChI=1S/C7H8F6O/c1-4-2-3-14-5(4,6(8,9)10)7(11,12)13/h4H,2-3H2,1H3. The number of halogens is 6. The highest BCUT2D eigenvalue weighted by Gasteiger charge is 2.76. The molecule has 0 bridgehead atoms. The van der Waals surface area contributed by atoms with Crippen LogP contribution in [0.5, 0.6) is 0 Å². The molecule has 1 aliphatic rings. The molecule has 0 aromatic rings. The van der Waals surface area contributed by atoms with Gasteiger partial charge in [-0.05, 0) is 6.42 Å². The monoisotopic (exact) mass is 222 g/mol. The van der Waals surface area contributed by atoms with Gasteiger partial charge in [0.1, 0.15) is 0 Å². The molecule has 1 heterocycles. The van der Waals surface area contributed by atoms with Gasteiger partial charge < -0.3 is 4.74 Å². The van der Waals surface area contributed by atoms with Gasteiger partial charge in [-0.1, -0.05) is 6.92 Å². The van der Waals surface area contributed by atoms with Gasteiger partial charge in [-0.15, -0.1) is 0 Å². The molecule has 0 amide bonds. The minimum Gasteiger partial charge on any atom is -0.358 e. The van der Waals surface area contributed by atoms with Gasteiger partial charge in [-0.2, -0.15) is 26.3 Å². The molecule has 0 N–H and O–H groups in total. The third-order valence-electron chi connectivity index (χ3n) is 2.42. The Labute approximate surface area is 76.0 Å². The van der Waals surface area contributed by atoms with Gasteiger partial charge in [0.15, 0.2) is 0 Å². The predicted octanol–water partition coefficient (Wildman–Crippen LogP) is 2.91. The van der Waals surface area contributed by atoms with Gasteiger partial charge >= 0.3 is 12.4 Å². The zero-order valence-corrected chi connectivity index (χ0v) is 7.17. The summed E-state index contributed by atoms with van der Waals surface area (Å²) in [6.45, 7) is 0.383. The van der Waals surface area contributed by atoms with Gasteiger partial charge in [0.2, 0.25) is 0 Å². The maximum absolute atomic E-state index is 12.3. The van der Waals surface area contributed by atoms with Crippen LogP contribution in [0.15, 0.2) is 0 Å². The van der Waals surface area contributed by atoms with E-state index in [0.717, 1.165) is 6.92 Å². The fourth-order valence-corrected chi connectivity index (χ4v) is 1.63. The topological polar surface area (TPSA) is 9.23 Å². The molecule has 0 saturated carbocycles. The molecule has 1 rings (SSSR count). The second-order valence-electron chi connectivity index (χ2n) is 3.27. The van der Waals surface area contributed by atoms with E-state index in [9.17, 15) is 26.3 Å². The third-order valence-corrected chi connectivity index (χ3v) is 2.42. The minimum absolute atomic E-state index is 0.237. The lowest BCUT2D eigenvalue weighted by atomic mass is 9.87. The quantitative estimate of drug-likeness (QED) is 0.572. The predicted molar refractivity (Wildman–Crippen MR) is 34.6 cm³/mol. The minimum atomic E-state index is -5.42. The lowest BCUT2D eigenvalue weighted by Gasteiger charge is -2.35. The molecule has 1 saturated heterocycles. The Morgan fingerprint density at radius 3 is 1.64 bits per heavy atom. The second-order valence-corrected chi connectivity index (χ2v) is 3.27. The summed E-state index contributed by atoms with van der Waals surface area (Å²) in [7, 11) is 0. The highest BCUT2D eigenvalue weighted by molar-refractivity contribution is 5.02. The lowest BCUT2D eigenvalue weighted by molar-refractivity contribution is -0.378. The van der Waals surface area contributed by atoms with Crippen molar-refractivity contribution in [1.82, 2.24) is 0 Å². The Hall–Kier alpha value is -0.460. The van der Waals surface area contributed by atoms with Crippen molar-refractivity contribution in [2.45, 2.75) is 31.3 Å². The number of hydrogen-bond donors (Lipinski definition) is 0. The molecular weight excluding hydrogens is 214 g/mol. The van der Waals surface area contributed by atoms with Crippen LogP contribution in [-0.4, -0.2) is 24.6 Å². The van der Waals surface area contributed by atoms with E-state index < -0.39 is 30.5 Å². The first-order valence-electron chi connectivity index (χ1n) is 3.90. The summed E-state index contributed by atoms with van der Waals surface area (Å²) >= 11 is 0. The number of ether oxygens (including phenoxy) is 1. The van der Waals surface area contributed by atoms with Crippen molar-refractivity contribution in [3.63, 3.8) is 0 Å². The largest absolute Gasteiger partial charge is 0.426 e. The Bertz CT molecular complexity index is 203. The molecule has 1 fully saturated rings. The summed E-state index contributed by atoms with van der Waals surface area (Å²) in [5.41, 5.74) is -3.97. The normalized spacial score (nSPS) is 28.1. The van der Waals surface area contributed by atoms with Crippen LogP contribution in [0, 0.1) is 5.92 Å². The fourth-order valence-electron chi connectivity index (χ4n) is 1.63. The summed E-state index contributed by atoms with van der Waals surface area (Å²) in [5.74, 6) is -1.59. The molecule has 1 atom stereocenters. The van der Waals surface area contributed by atoms with Gasteiger partial charge in [0, 0.05) is 12.5 Å². The van der Waals surface area contributed by atoms with E-state index >= 15 is 0 Å². The first-order valence-corrected chi connectivity index (χ1v) is 3.90. The number of rotatable bonds is 0. The van der Waals surface area contributed by atoms with Crippen molar-refractivity contribution in [3.8, 4) is 0 Å². The summed E-state index contributed by atoms with van der Waals surface area (Å²) < 4.78 is 77.8. The van der Waals surface area contributed by atoms with E-state index in [-0.39, 0.29) is 6.42 Å². The first-order chi connectivity index (χ1) is 6.13. The first kappa shape index (κ1) is 11.6. The average molecular weight is 222 g/mol. The van der Waals surface area contributed by atoms with Crippen molar-refractivity contribution in [1.29, 1.82) is 0 Å². The molecule has 0 aromatic heterocycles. The van der Waals surface area contributed by atoms with Crippen molar-refractivity contribution in [3.05, 3.63) is 0 Å². The molecule has 0 radical (unpaired) electrons. The Morgan fingerprint density at radius 1 is 1.07 bits per heavy atom. The van der Waals surface area contributed by atoms with E-state index in [1.807, 2.05) is 0 Å². The zero-order valence-electron chi connectivity index (χ0n) is 7.17. The zero-order chi connectivity index (χ0) is 11.2. The summed E-state index contributed by atoms with van der Waals surface area (Å²) in [5, 5.41) is 0. The second kappa shape index (κ2) is 3.01. The van der Waals surface area contributed by atoms with Crippen molar-refractivity contribution in [2.75, 3.05) is 6.61 Å².